The minimum atomic E-state index is -2.97. The molecule has 1 amide bonds. The van der Waals surface area contributed by atoms with E-state index in [1.165, 1.54) is 47.7 Å². The maximum atomic E-state index is 15.4. The largest absolute Gasteiger partial charge is 0.464 e. The number of pyridine rings is 1. The van der Waals surface area contributed by atoms with Gasteiger partial charge in [0.1, 0.15) is 5.76 Å². The molecule has 226 valence electrons. The third-order valence-corrected chi connectivity index (χ3v) is 7.96. The maximum Gasteiger partial charge on any atom is 0.333 e. The van der Waals surface area contributed by atoms with E-state index < -0.39 is 29.6 Å². The number of fused-ring (bicyclic) bond motifs is 4. The van der Waals surface area contributed by atoms with Gasteiger partial charge in [0.15, 0.2) is 16.4 Å². The Morgan fingerprint density at radius 3 is 2.68 bits per heavy atom. The molecule has 0 saturated heterocycles. The Morgan fingerprint density at radius 1 is 1.14 bits per heavy atom. The van der Waals surface area contributed by atoms with Crippen LogP contribution >= 0.6 is 23.2 Å². The molecule has 0 radical (unpaired) electrons. The number of halogens is 5. The highest BCUT2D eigenvalue weighted by Crippen LogP contribution is 2.37. The van der Waals surface area contributed by atoms with Gasteiger partial charge < -0.3 is 9.73 Å². The Morgan fingerprint density at radius 2 is 1.95 bits per heavy atom. The first-order valence-corrected chi connectivity index (χ1v) is 14.2. The third-order valence-electron chi connectivity index (χ3n) is 7.49. The molecule has 1 N–H and O–H groups in total. The van der Waals surface area contributed by atoms with Crippen LogP contribution in [0, 0.1) is 11.7 Å². The molecule has 2 bridgehead atoms. The molecule has 0 unspecified atom stereocenters. The van der Waals surface area contributed by atoms with Gasteiger partial charge in [-0.15, -0.1) is 5.10 Å². The quantitative estimate of drug-likeness (QED) is 0.227. The standard InChI is InChI=1S/C29H22Cl2F3N7O3/c1-14-3-2-4-16(19-9-15(7-8-35-19)27-20(37-28(14)43)11-36-41(27)29(33)34)17-13-44-23(10-22(17)42)25-21(6-5-18(30)26(25)32)40-12-24(31)38-39-40/h5-14,16,29H,2-4H2,1H3,(H,37,43)/t14-,16+/m0/s1. The lowest BCUT2D eigenvalue weighted by Crippen LogP contribution is -2.22. The van der Waals surface area contributed by atoms with Crippen LogP contribution in [0.5, 0.6) is 0 Å². The van der Waals surface area contributed by atoms with Crippen molar-refractivity contribution in [3.63, 3.8) is 0 Å². The number of aromatic nitrogens is 6. The number of alkyl halides is 2. The zero-order valence-corrected chi connectivity index (χ0v) is 24.4. The van der Waals surface area contributed by atoms with Crippen molar-refractivity contribution in [2.45, 2.75) is 38.7 Å². The number of carbonyl (C=O) groups excluding carboxylic acids is 1. The summed E-state index contributed by atoms with van der Waals surface area (Å²) in [5.74, 6) is -2.41. The Hall–Kier alpha value is -4.49. The first-order valence-electron chi connectivity index (χ1n) is 13.4. The van der Waals surface area contributed by atoms with Crippen LogP contribution in [-0.2, 0) is 4.79 Å². The molecule has 15 heteroatoms. The van der Waals surface area contributed by atoms with Crippen molar-refractivity contribution in [2.24, 2.45) is 5.92 Å². The van der Waals surface area contributed by atoms with E-state index in [-0.39, 0.29) is 50.0 Å². The topological polar surface area (TPSA) is 121 Å². The molecular weight excluding hydrogens is 622 g/mol. The van der Waals surface area contributed by atoms with E-state index in [1.807, 2.05) is 0 Å². The number of amides is 1. The van der Waals surface area contributed by atoms with Crippen molar-refractivity contribution in [2.75, 3.05) is 5.32 Å². The van der Waals surface area contributed by atoms with Gasteiger partial charge in [-0.3, -0.25) is 14.6 Å². The summed E-state index contributed by atoms with van der Waals surface area (Å²) in [6.07, 6.45) is 6.55. The molecule has 6 rings (SSSR count). The molecule has 2 atom stereocenters. The zero-order chi connectivity index (χ0) is 31.1. The minimum Gasteiger partial charge on any atom is -0.464 e. The van der Waals surface area contributed by atoms with Crippen molar-refractivity contribution in [1.82, 2.24) is 29.8 Å². The fourth-order valence-corrected chi connectivity index (χ4v) is 5.57. The van der Waals surface area contributed by atoms with Crippen molar-refractivity contribution in [3.8, 4) is 28.3 Å². The number of hydrogen-bond donors (Lipinski definition) is 1. The average molecular weight is 644 g/mol. The highest BCUT2D eigenvalue weighted by molar-refractivity contribution is 6.31. The van der Waals surface area contributed by atoms with E-state index in [2.05, 4.69) is 25.7 Å². The molecule has 1 aromatic carbocycles. The number of rotatable bonds is 4. The van der Waals surface area contributed by atoms with Gasteiger partial charge >= 0.3 is 6.55 Å². The summed E-state index contributed by atoms with van der Waals surface area (Å²) in [5.41, 5.74) is 0.651. The van der Waals surface area contributed by atoms with Crippen molar-refractivity contribution in [3.05, 3.63) is 92.7 Å². The van der Waals surface area contributed by atoms with Crippen molar-refractivity contribution < 1.29 is 22.4 Å². The lowest BCUT2D eigenvalue weighted by atomic mass is 9.88. The van der Waals surface area contributed by atoms with Gasteiger partial charge in [0.05, 0.1) is 46.3 Å². The molecule has 44 heavy (non-hydrogen) atoms. The summed E-state index contributed by atoms with van der Waals surface area (Å²) in [7, 11) is 0. The Kier molecular flexibility index (Phi) is 7.99. The molecule has 0 aliphatic carbocycles. The highest BCUT2D eigenvalue weighted by atomic mass is 35.5. The normalized spacial score (nSPS) is 17.1. The van der Waals surface area contributed by atoms with E-state index in [0.717, 1.165) is 6.07 Å². The predicted molar refractivity (Wildman–Crippen MR) is 156 cm³/mol. The molecule has 1 aliphatic heterocycles. The van der Waals surface area contributed by atoms with Gasteiger partial charge in [-0.05, 0) is 37.1 Å². The Balaban J connectivity index is 1.47. The second-order valence-electron chi connectivity index (χ2n) is 10.3. The molecular formula is C29H22Cl2F3N7O3. The number of carbonyl (C=O) groups is 1. The molecule has 10 nitrogen and oxygen atoms in total. The number of anilines is 1. The molecule has 5 heterocycles. The number of nitrogens with zero attached hydrogens (tertiary/aromatic N) is 6. The van der Waals surface area contributed by atoms with E-state index in [4.69, 9.17) is 27.6 Å². The summed E-state index contributed by atoms with van der Waals surface area (Å²) >= 11 is 12.0. The minimum absolute atomic E-state index is 0.00285. The summed E-state index contributed by atoms with van der Waals surface area (Å²) < 4.78 is 50.8. The van der Waals surface area contributed by atoms with E-state index in [1.54, 1.807) is 13.0 Å². The van der Waals surface area contributed by atoms with Crippen LogP contribution in [0.1, 0.15) is 49.9 Å². The average Bonchev–Trinajstić information content (AvgIpc) is 3.62. The Labute approximate surface area is 257 Å². The highest BCUT2D eigenvalue weighted by Gasteiger charge is 2.27. The van der Waals surface area contributed by atoms with Gasteiger partial charge in [0, 0.05) is 40.9 Å². The SMILES string of the molecule is C[C@H]1CCC[C@H](c2coc(-c3c(-n4cc(Cl)nn4)ccc(Cl)c3F)cc2=O)c2cc(ccn2)-c2c(cnn2C(F)F)NC1=O. The summed E-state index contributed by atoms with van der Waals surface area (Å²) in [4.78, 5) is 31.0. The monoisotopic (exact) mass is 643 g/mol. The van der Waals surface area contributed by atoms with Crippen LogP contribution in [0.2, 0.25) is 10.2 Å². The molecule has 0 saturated carbocycles. The molecule has 1 aliphatic rings. The zero-order valence-electron chi connectivity index (χ0n) is 22.8. The van der Waals surface area contributed by atoms with Crippen LogP contribution in [0.4, 0.5) is 18.9 Å². The van der Waals surface area contributed by atoms with E-state index in [0.29, 0.717) is 35.2 Å². The fourth-order valence-electron chi connectivity index (χ4n) is 5.29. The molecule has 0 spiro atoms. The van der Waals surface area contributed by atoms with Crippen molar-refractivity contribution in [1.29, 1.82) is 0 Å². The number of benzene rings is 1. The van der Waals surface area contributed by atoms with Gasteiger partial charge in [-0.1, -0.05) is 41.8 Å². The van der Waals surface area contributed by atoms with Gasteiger partial charge in [0.25, 0.3) is 0 Å². The first kappa shape index (κ1) is 29.6. The van der Waals surface area contributed by atoms with Crippen LogP contribution in [0.25, 0.3) is 28.3 Å². The number of hydrogen-bond acceptors (Lipinski definition) is 7. The fraction of sp³-hybridized carbons (Fsp3) is 0.241. The second kappa shape index (κ2) is 11.9. The van der Waals surface area contributed by atoms with Crippen LogP contribution < -0.4 is 10.7 Å². The van der Waals surface area contributed by atoms with Crippen LogP contribution in [0.15, 0.2) is 64.4 Å². The van der Waals surface area contributed by atoms with E-state index in [9.17, 15) is 18.4 Å². The van der Waals surface area contributed by atoms with Gasteiger partial charge in [0.2, 0.25) is 5.91 Å². The van der Waals surface area contributed by atoms with E-state index >= 15 is 4.39 Å². The second-order valence-corrected chi connectivity index (χ2v) is 11.1. The van der Waals surface area contributed by atoms with Crippen LogP contribution in [-0.4, -0.2) is 35.7 Å². The third kappa shape index (κ3) is 5.48. The lowest BCUT2D eigenvalue weighted by molar-refractivity contribution is -0.119. The summed E-state index contributed by atoms with van der Waals surface area (Å²) in [6, 6.07) is 7.06. The predicted octanol–water partition coefficient (Wildman–Crippen LogP) is 6.88. The summed E-state index contributed by atoms with van der Waals surface area (Å²) in [5, 5.41) is 13.9. The molecule has 0 fully saturated rings. The maximum absolute atomic E-state index is 15.4. The molecule has 5 aromatic rings. The Bertz CT molecular complexity index is 1940. The number of nitrogens with one attached hydrogen (secondary N) is 1. The molecule has 4 aromatic heterocycles. The van der Waals surface area contributed by atoms with Crippen molar-refractivity contribution >= 4 is 34.8 Å². The van der Waals surface area contributed by atoms with Crippen LogP contribution in [0.3, 0.4) is 0 Å². The summed E-state index contributed by atoms with van der Waals surface area (Å²) in [6.45, 7) is -1.24. The smallest absolute Gasteiger partial charge is 0.333 e. The lowest BCUT2D eigenvalue weighted by Gasteiger charge is -2.20. The first-order chi connectivity index (χ1) is 21.1. The van der Waals surface area contributed by atoms with Gasteiger partial charge in [-0.25, -0.2) is 13.8 Å². The van der Waals surface area contributed by atoms with Gasteiger partial charge in [-0.2, -0.15) is 13.9 Å².